The maximum absolute atomic E-state index is 4.81. The number of rotatable bonds is 3. The second-order valence-electron chi connectivity index (χ2n) is 8.21. The molecule has 0 saturated carbocycles. The Morgan fingerprint density at radius 2 is 1.22 bits per heavy atom. The first-order valence-corrected chi connectivity index (χ1v) is 12.7. The Balaban J connectivity index is 1.52. The summed E-state index contributed by atoms with van der Waals surface area (Å²) in [6.45, 7) is 0. The molecular formula is C28H13N5S3. The summed E-state index contributed by atoms with van der Waals surface area (Å²) in [7, 11) is 0. The number of thiocarbonyl (C=S) groups is 2. The highest BCUT2D eigenvalue weighted by Crippen LogP contribution is 2.55. The Hall–Kier alpha value is -4.03. The van der Waals surface area contributed by atoms with Crippen LogP contribution in [0.15, 0.2) is 98.6 Å². The number of benzene rings is 4. The van der Waals surface area contributed by atoms with Gasteiger partial charge in [0.1, 0.15) is 0 Å². The molecule has 0 atom stereocenters. The SMILES string of the molecule is S=C=Nc1nc2c(nc1N=C=S)-c1ccc(N3c4ccccc4Sc4ccccc43)c3cccc-2c13. The fraction of sp³-hybridized carbons (Fsp3) is 0. The van der Waals surface area contributed by atoms with Gasteiger partial charge in [-0.05, 0) is 60.8 Å². The van der Waals surface area contributed by atoms with Gasteiger partial charge < -0.3 is 4.90 Å². The Morgan fingerprint density at radius 3 is 1.83 bits per heavy atom. The number of isothiocyanates is 2. The highest BCUT2D eigenvalue weighted by molar-refractivity contribution is 7.99. The molecule has 2 aliphatic rings. The third kappa shape index (κ3) is 3.04. The minimum atomic E-state index is 0.280. The van der Waals surface area contributed by atoms with E-state index in [2.05, 4.69) is 104 Å². The third-order valence-corrected chi connectivity index (χ3v) is 7.68. The molecule has 8 heteroatoms. The average molecular weight is 516 g/mol. The fourth-order valence-corrected chi connectivity index (χ4v) is 6.21. The van der Waals surface area contributed by atoms with Crippen molar-refractivity contribution < 1.29 is 0 Å². The highest BCUT2D eigenvalue weighted by atomic mass is 32.2. The molecule has 7 rings (SSSR count). The topological polar surface area (TPSA) is 53.7 Å². The average Bonchev–Trinajstić information content (AvgIpc) is 3.22. The first-order chi connectivity index (χ1) is 17.8. The number of fused-ring (bicyclic) bond motifs is 5. The lowest BCUT2D eigenvalue weighted by Crippen LogP contribution is -2.15. The Morgan fingerprint density at radius 1 is 0.639 bits per heavy atom. The van der Waals surface area contributed by atoms with Gasteiger partial charge >= 0.3 is 0 Å². The molecule has 5 nitrogen and oxygen atoms in total. The van der Waals surface area contributed by atoms with Gasteiger partial charge in [-0.3, -0.25) is 0 Å². The summed E-state index contributed by atoms with van der Waals surface area (Å²) in [5.41, 5.74) is 6.90. The van der Waals surface area contributed by atoms with E-state index in [-0.39, 0.29) is 11.6 Å². The zero-order chi connectivity index (χ0) is 24.2. The lowest BCUT2D eigenvalue weighted by atomic mass is 10.0. The van der Waals surface area contributed by atoms with E-state index in [1.54, 1.807) is 11.8 Å². The Labute approximate surface area is 221 Å². The van der Waals surface area contributed by atoms with Crippen LogP contribution in [0, 0.1) is 0 Å². The lowest BCUT2D eigenvalue weighted by molar-refractivity contribution is 1.17. The molecule has 0 unspecified atom stereocenters. The summed E-state index contributed by atoms with van der Waals surface area (Å²) in [5, 5.41) is 6.94. The van der Waals surface area contributed by atoms with Gasteiger partial charge in [-0.1, -0.05) is 54.2 Å². The fourth-order valence-electron chi connectivity index (χ4n) is 4.97. The maximum Gasteiger partial charge on any atom is 0.209 e. The van der Waals surface area contributed by atoms with Crippen molar-refractivity contribution >= 4 is 86.0 Å². The van der Waals surface area contributed by atoms with Crippen LogP contribution in [0.2, 0.25) is 0 Å². The molecule has 0 fully saturated rings. The number of hydrogen-bond donors (Lipinski definition) is 0. The molecule has 1 aromatic heterocycles. The van der Waals surface area contributed by atoms with Crippen molar-refractivity contribution in [2.24, 2.45) is 9.98 Å². The summed E-state index contributed by atoms with van der Waals surface area (Å²) >= 11 is 11.4. The van der Waals surface area contributed by atoms with Crippen LogP contribution < -0.4 is 4.90 Å². The molecule has 0 spiro atoms. The largest absolute Gasteiger partial charge is 0.308 e. The summed E-state index contributed by atoms with van der Waals surface area (Å²) in [4.78, 5) is 22.4. The van der Waals surface area contributed by atoms with Crippen molar-refractivity contribution in [3.8, 4) is 22.5 Å². The van der Waals surface area contributed by atoms with Gasteiger partial charge in [0.25, 0.3) is 0 Å². The number of nitrogens with zero attached hydrogens (tertiary/aromatic N) is 5. The van der Waals surface area contributed by atoms with Crippen molar-refractivity contribution in [1.29, 1.82) is 0 Å². The Kier molecular flexibility index (Phi) is 4.89. The quantitative estimate of drug-likeness (QED) is 0.173. The molecule has 1 aliphatic carbocycles. The molecule has 36 heavy (non-hydrogen) atoms. The van der Waals surface area contributed by atoms with Gasteiger partial charge in [0.15, 0.2) is 0 Å². The first kappa shape index (κ1) is 21.3. The summed E-state index contributed by atoms with van der Waals surface area (Å²) in [6, 6.07) is 27.6. The number of hydrogen-bond acceptors (Lipinski definition) is 8. The minimum absolute atomic E-state index is 0.280. The van der Waals surface area contributed by atoms with Gasteiger partial charge in [0, 0.05) is 31.7 Å². The van der Waals surface area contributed by atoms with Crippen LogP contribution >= 0.6 is 36.2 Å². The molecule has 2 heterocycles. The molecule has 5 aromatic rings. The number of anilines is 3. The normalized spacial score (nSPS) is 12.3. The standard InChI is InChI=1S/C28H13N5S3/c34-14-29-27-28(30-15-35)32-26-18-12-13-19(16-6-5-7-17(24(16)18)25(26)31-27)33-20-8-1-3-10-22(20)36-23-11-4-2-9-21(23)33/h1-13H. The molecule has 1 aliphatic heterocycles. The zero-order valence-electron chi connectivity index (χ0n) is 18.5. The van der Waals surface area contributed by atoms with Crippen molar-refractivity contribution in [2.45, 2.75) is 9.79 Å². The van der Waals surface area contributed by atoms with Crippen molar-refractivity contribution in [3.63, 3.8) is 0 Å². The third-order valence-electron chi connectivity index (χ3n) is 6.36. The van der Waals surface area contributed by atoms with Crippen LogP contribution in [0.4, 0.5) is 28.7 Å². The van der Waals surface area contributed by atoms with E-state index in [1.807, 2.05) is 0 Å². The zero-order valence-corrected chi connectivity index (χ0v) is 20.9. The van der Waals surface area contributed by atoms with E-state index >= 15 is 0 Å². The summed E-state index contributed by atoms with van der Waals surface area (Å²) in [6.07, 6.45) is 0. The van der Waals surface area contributed by atoms with E-state index in [4.69, 9.17) is 34.4 Å². The molecule has 0 bridgehead atoms. The van der Waals surface area contributed by atoms with E-state index in [1.165, 1.54) is 9.79 Å². The smallest absolute Gasteiger partial charge is 0.209 e. The predicted molar refractivity (Wildman–Crippen MR) is 152 cm³/mol. The van der Waals surface area contributed by atoms with E-state index in [9.17, 15) is 0 Å². The van der Waals surface area contributed by atoms with Crippen LogP contribution in [0.3, 0.4) is 0 Å². The molecule has 0 N–H and O–H groups in total. The highest BCUT2D eigenvalue weighted by Gasteiger charge is 2.30. The molecular weight excluding hydrogens is 503 g/mol. The molecule has 0 amide bonds. The van der Waals surface area contributed by atoms with Gasteiger partial charge in [0.05, 0.1) is 38.8 Å². The van der Waals surface area contributed by atoms with Crippen LogP contribution in [0.5, 0.6) is 0 Å². The Bertz CT molecular complexity index is 1760. The predicted octanol–water partition coefficient (Wildman–Crippen LogP) is 8.68. The number of aliphatic imine (C=N–C) groups is 2. The second-order valence-corrected chi connectivity index (χ2v) is 9.66. The molecule has 168 valence electrons. The van der Waals surface area contributed by atoms with Gasteiger partial charge in [-0.2, -0.15) is 9.98 Å². The van der Waals surface area contributed by atoms with E-state index < -0.39 is 0 Å². The molecule has 4 aromatic carbocycles. The molecule has 0 saturated heterocycles. The summed E-state index contributed by atoms with van der Waals surface area (Å²) in [5.74, 6) is 0.559. The van der Waals surface area contributed by atoms with E-state index in [0.717, 1.165) is 50.3 Å². The van der Waals surface area contributed by atoms with Gasteiger partial charge in [0.2, 0.25) is 11.6 Å². The van der Waals surface area contributed by atoms with Crippen LogP contribution in [-0.4, -0.2) is 20.3 Å². The van der Waals surface area contributed by atoms with Gasteiger partial charge in [-0.15, -0.1) is 0 Å². The lowest BCUT2D eigenvalue weighted by Gasteiger charge is -2.33. The summed E-state index contributed by atoms with van der Waals surface area (Å²) < 4.78 is 0. The second kappa shape index (κ2) is 8.28. The first-order valence-electron chi connectivity index (χ1n) is 11.1. The van der Waals surface area contributed by atoms with Crippen molar-refractivity contribution in [3.05, 3.63) is 78.9 Å². The van der Waals surface area contributed by atoms with Crippen LogP contribution in [-0.2, 0) is 0 Å². The minimum Gasteiger partial charge on any atom is -0.308 e. The number of para-hydroxylation sites is 2. The monoisotopic (exact) mass is 515 g/mol. The number of aromatic nitrogens is 2. The van der Waals surface area contributed by atoms with Gasteiger partial charge in [-0.25, -0.2) is 9.97 Å². The maximum atomic E-state index is 4.81. The van der Waals surface area contributed by atoms with Crippen LogP contribution in [0.1, 0.15) is 0 Å². The van der Waals surface area contributed by atoms with Crippen LogP contribution in [0.25, 0.3) is 33.3 Å². The van der Waals surface area contributed by atoms with Crippen molar-refractivity contribution in [2.75, 3.05) is 4.90 Å². The van der Waals surface area contributed by atoms with Crippen molar-refractivity contribution in [1.82, 2.24) is 9.97 Å². The molecule has 0 radical (unpaired) electrons. The van der Waals surface area contributed by atoms with E-state index in [0.29, 0.717) is 0 Å².